The lowest BCUT2D eigenvalue weighted by atomic mass is 9.78. The third-order valence-electron chi connectivity index (χ3n) is 3.73. The van der Waals surface area contributed by atoms with Crippen LogP contribution in [0.25, 0.3) is 0 Å². The number of methoxy groups -OCH3 is 1. The molecule has 0 aliphatic heterocycles. The van der Waals surface area contributed by atoms with Crippen molar-refractivity contribution in [3.05, 3.63) is 28.2 Å². The van der Waals surface area contributed by atoms with Crippen LogP contribution >= 0.6 is 15.9 Å². The molecule has 1 aromatic rings. The number of rotatable bonds is 3. The third-order valence-corrected chi connectivity index (χ3v) is 4.22. The second kappa shape index (κ2) is 5.29. The Morgan fingerprint density at radius 3 is 2.67 bits per heavy atom. The zero-order valence-electron chi connectivity index (χ0n) is 10.3. The molecule has 4 heteroatoms. The molecule has 96 valence electrons. The molecular formula is C14H16BrNO2. The minimum Gasteiger partial charge on any atom is -0.496 e. The number of aliphatic hydroxyl groups excluding tert-OH is 1. The summed E-state index contributed by atoms with van der Waals surface area (Å²) in [4.78, 5) is 0. The van der Waals surface area contributed by atoms with E-state index >= 15 is 0 Å². The van der Waals surface area contributed by atoms with Crippen molar-refractivity contribution in [2.75, 3.05) is 7.11 Å². The molecular weight excluding hydrogens is 294 g/mol. The van der Waals surface area contributed by atoms with E-state index in [1.165, 1.54) is 0 Å². The maximum atomic E-state index is 10.6. The molecule has 18 heavy (non-hydrogen) atoms. The Bertz CT molecular complexity index is 475. The Labute approximate surface area is 116 Å². The Balaban J connectivity index is 2.41. The van der Waals surface area contributed by atoms with E-state index < -0.39 is 11.5 Å². The van der Waals surface area contributed by atoms with Gasteiger partial charge in [-0.25, -0.2) is 0 Å². The zero-order valence-corrected chi connectivity index (χ0v) is 11.9. The Kier molecular flexibility index (Phi) is 3.94. The zero-order chi connectivity index (χ0) is 13.2. The lowest BCUT2D eigenvalue weighted by Crippen LogP contribution is -2.24. The smallest absolute Gasteiger partial charge is 0.124 e. The highest BCUT2D eigenvalue weighted by atomic mass is 79.9. The molecule has 0 heterocycles. The Hall–Kier alpha value is -1.05. The summed E-state index contributed by atoms with van der Waals surface area (Å²) < 4.78 is 6.16. The monoisotopic (exact) mass is 309 g/mol. The van der Waals surface area contributed by atoms with Crippen molar-refractivity contribution in [2.24, 2.45) is 5.41 Å². The minimum absolute atomic E-state index is 0.632. The van der Waals surface area contributed by atoms with Gasteiger partial charge in [0.2, 0.25) is 0 Å². The first-order valence-electron chi connectivity index (χ1n) is 6.06. The molecule has 1 aliphatic rings. The molecule has 2 rings (SSSR count). The molecule has 0 spiro atoms. The van der Waals surface area contributed by atoms with E-state index in [-0.39, 0.29) is 0 Å². The number of hydrogen-bond acceptors (Lipinski definition) is 3. The van der Waals surface area contributed by atoms with E-state index in [2.05, 4.69) is 22.0 Å². The van der Waals surface area contributed by atoms with Crippen molar-refractivity contribution >= 4 is 15.9 Å². The van der Waals surface area contributed by atoms with Crippen molar-refractivity contribution in [3.8, 4) is 11.8 Å². The molecule has 1 aromatic carbocycles. The minimum atomic E-state index is -0.794. The second-order valence-electron chi connectivity index (χ2n) is 4.76. The number of aliphatic hydroxyl groups is 1. The van der Waals surface area contributed by atoms with Crippen molar-refractivity contribution in [1.29, 1.82) is 5.26 Å². The average molecular weight is 310 g/mol. The molecule has 0 radical (unpaired) electrons. The standard InChI is InChI=1S/C14H16BrNO2/c1-18-12-5-4-10(15)8-11(12)13(17)14(9-16)6-2-3-7-14/h4-5,8,13,17H,2-3,6-7H2,1H3. The van der Waals surface area contributed by atoms with E-state index in [1.807, 2.05) is 18.2 Å². The van der Waals surface area contributed by atoms with Crippen LogP contribution in [0.1, 0.15) is 37.4 Å². The van der Waals surface area contributed by atoms with Crippen LogP contribution in [0.2, 0.25) is 0 Å². The topological polar surface area (TPSA) is 53.2 Å². The van der Waals surface area contributed by atoms with Crippen molar-refractivity contribution in [1.82, 2.24) is 0 Å². The molecule has 3 nitrogen and oxygen atoms in total. The SMILES string of the molecule is COc1ccc(Br)cc1C(O)C1(C#N)CCCC1. The van der Waals surface area contributed by atoms with Gasteiger partial charge in [-0.3, -0.25) is 0 Å². The van der Waals surface area contributed by atoms with Gasteiger partial charge in [0, 0.05) is 10.0 Å². The molecule has 1 saturated carbocycles. The molecule has 0 amide bonds. The summed E-state index contributed by atoms with van der Waals surface area (Å²) in [7, 11) is 1.58. The maximum absolute atomic E-state index is 10.6. The first kappa shape index (κ1) is 13.4. The van der Waals surface area contributed by atoms with Gasteiger partial charge in [0.15, 0.2) is 0 Å². The molecule has 1 atom stereocenters. The van der Waals surface area contributed by atoms with E-state index in [1.54, 1.807) is 7.11 Å². The van der Waals surface area contributed by atoms with Crippen LogP contribution in [0.15, 0.2) is 22.7 Å². The summed E-state index contributed by atoms with van der Waals surface area (Å²) in [5.41, 5.74) is 0.0315. The fourth-order valence-corrected chi connectivity index (χ4v) is 3.05. The fraction of sp³-hybridized carbons (Fsp3) is 0.500. The molecule has 0 saturated heterocycles. The quantitative estimate of drug-likeness (QED) is 0.928. The largest absolute Gasteiger partial charge is 0.496 e. The highest BCUT2D eigenvalue weighted by molar-refractivity contribution is 9.10. The van der Waals surface area contributed by atoms with Gasteiger partial charge in [-0.05, 0) is 31.0 Å². The predicted molar refractivity (Wildman–Crippen MR) is 72.2 cm³/mol. The first-order chi connectivity index (χ1) is 8.63. The second-order valence-corrected chi connectivity index (χ2v) is 5.68. The van der Waals surface area contributed by atoms with Gasteiger partial charge in [0.05, 0.1) is 18.6 Å². The Morgan fingerprint density at radius 1 is 1.44 bits per heavy atom. The van der Waals surface area contributed by atoms with Gasteiger partial charge in [-0.15, -0.1) is 0 Å². The first-order valence-corrected chi connectivity index (χ1v) is 6.85. The number of benzene rings is 1. The third kappa shape index (κ3) is 2.25. The van der Waals surface area contributed by atoms with Crippen LogP contribution in [-0.2, 0) is 0 Å². The maximum Gasteiger partial charge on any atom is 0.124 e. The van der Waals surface area contributed by atoms with Crippen molar-refractivity contribution < 1.29 is 9.84 Å². The summed E-state index contributed by atoms with van der Waals surface area (Å²) in [5.74, 6) is 0.632. The average Bonchev–Trinajstić information content (AvgIpc) is 2.87. The lowest BCUT2D eigenvalue weighted by Gasteiger charge is -2.28. The van der Waals surface area contributed by atoms with Gasteiger partial charge >= 0.3 is 0 Å². The van der Waals surface area contributed by atoms with E-state index in [0.29, 0.717) is 11.3 Å². The van der Waals surface area contributed by atoms with Crippen LogP contribution < -0.4 is 4.74 Å². The van der Waals surface area contributed by atoms with Crippen LogP contribution in [0.5, 0.6) is 5.75 Å². The number of nitrogens with zero attached hydrogens (tertiary/aromatic N) is 1. The van der Waals surface area contributed by atoms with E-state index in [4.69, 9.17) is 4.74 Å². The molecule has 0 aromatic heterocycles. The van der Waals surface area contributed by atoms with Gasteiger partial charge < -0.3 is 9.84 Å². The number of nitriles is 1. The van der Waals surface area contributed by atoms with E-state index in [0.717, 1.165) is 30.2 Å². The normalized spacial score (nSPS) is 19.2. The molecule has 1 aliphatic carbocycles. The van der Waals surface area contributed by atoms with Crippen LogP contribution in [-0.4, -0.2) is 12.2 Å². The van der Waals surface area contributed by atoms with Crippen molar-refractivity contribution in [2.45, 2.75) is 31.8 Å². The summed E-state index contributed by atoms with van der Waals surface area (Å²) in [5, 5.41) is 20.0. The molecule has 1 unspecified atom stereocenters. The summed E-state index contributed by atoms with van der Waals surface area (Å²) in [6.45, 7) is 0. The highest BCUT2D eigenvalue weighted by Gasteiger charge is 2.42. The number of hydrogen-bond donors (Lipinski definition) is 1. The lowest BCUT2D eigenvalue weighted by molar-refractivity contribution is 0.0647. The summed E-state index contributed by atoms with van der Waals surface area (Å²) in [6.07, 6.45) is 2.71. The molecule has 1 N–H and O–H groups in total. The summed E-state index contributed by atoms with van der Waals surface area (Å²) >= 11 is 3.39. The Morgan fingerprint density at radius 2 is 2.11 bits per heavy atom. The highest BCUT2D eigenvalue weighted by Crippen LogP contribution is 2.49. The molecule has 0 bridgehead atoms. The van der Waals surface area contributed by atoms with Gasteiger partial charge in [0.25, 0.3) is 0 Å². The predicted octanol–water partition coefficient (Wildman–Crippen LogP) is 3.58. The number of ether oxygens (including phenoxy) is 1. The number of halogens is 1. The van der Waals surface area contributed by atoms with Crippen LogP contribution in [0.4, 0.5) is 0 Å². The van der Waals surface area contributed by atoms with Gasteiger partial charge in [-0.2, -0.15) is 5.26 Å². The summed E-state index contributed by atoms with van der Waals surface area (Å²) in [6, 6.07) is 7.83. The van der Waals surface area contributed by atoms with Crippen molar-refractivity contribution in [3.63, 3.8) is 0 Å². The van der Waals surface area contributed by atoms with E-state index in [9.17, 15) is 10.4 Å². The fourth-order valence-electron chi connectivity index (χ4n) is 2.67. The molecule has 1 fully saturated rings. The van der Waals surface area contributed by atoms with Gasteiger partial charge in [0.1, 0.15) is 11.9 Å². The van der Waals surface area contributed by atoms with Crippen LogP contribution in [0, 0.1) is 16.7 Å². The van der Waals surface area contributed by atoms with Crippen LogP contribution in [0.3, 0.4) is 0 Å². The van der Waals surface area contributed by atoms with Gasteiger partial charge in [-0.1, -0.05) is 28.8 Å².